The van der Waals surface area contributed by atoms with E-state index in [1.807, 2.05) is 30.3 Å². The fraction of sp³-hybridized carbons (Fsp3) is 0.467. The van der Waals surface area contributed by atoms with Crippen LogP contribution in [0, 0.1) is 11.8 Å². The number of rotatable bonds is 2. The van der Waals surface area contributed by atoms with Crippen LogP contribution in [-0.2, 0) is 16.1 Å². The zero-order valence-corrected chi connectivity index (χ0v) is 10.7. The lowest BCUT2D eigenvalue weighted by atomic mass is 10.0. The lowest BCUT2D eigenvalue weighted by molar-refractivity contribution is -0.118. The molecule has 0 aromatic heterocycles. The van der Waals surface area contributed by atoms with Crippen molar-refractivity contribution in [3.8, 4) is 0 Å². The second-order valence-corrected chi connectivity index (χ2v) is 5.41. The maximum atomic E-state index is 12.0. The molecular weight excluding hydrogens is 242 g/mol. The quantitative estimate of drug-likeness (QED) is 0.818. The summed E-state index contributed by atoms with van der Waals surface area (Å²) in [6.07, 6.45) is 1.01. The molecule has 2 fully saturated rings. The fourth-order valence-corrected chi connectivity index (χ4v) is 3.03. The van der Waals surface area contributed by atoms with Crippen LogP contribution >= 0.6 is 0 Å². The molecule has 0 spiro atoms. The van der Waals surface area contributed by atoms with Gasteiger partial charge in [0.05, 0.1) is 0 Å². The topological polar surface area (TPSA) is 46.6 Å². The first-order valence-electron chi connectivity index (χ1n) is 6.69. The van der Waals surface area contributed by atoms with Crippen molar-refractivity contribution < 1.29 is 14.3 Å². The van der Waals surface area contributed by atoms with Crippen LogP contribution in [-0.4, -0.2) is 29.9 Å². The molecule has 1 heterocycles. The Morgan fingerprint density at radius 3 is 2.42 bits per heavy atom. The van der Waals surface area contributed by atoms with Gasteiger partial charge >= 0.3 is 6.09 Å². The van der Waals surface area contributed by atoms with E-state index in [0.29, 0.717) is 50.2 Å². The Morgan fingerprint density at radius 2 is 1.79 bits per heavy atom. The van der Waals surface area contributed by atoms with Crippen LogP contribution in [0.3, 0.4) is 0 Å². The number of ether oxygens (including phenoxy) is 1. The number of carbonyl (C=O) groups is 2. The molecule has 3 rings (SSSR count). The highest BCUT2D eigenvalue weighted by atomic mass is 16.6. The molecule has 1 aromatic carbocycles. The van der Waals surface area contributed by atoms with Crippen molar-refractivity contribution in [2.45, 2.75) is 19.4 Å². The van der Waals surface area contributed by atoms with E-state index in [-0.39, 0.29) is 6.09 Å². The van der Waals surface area contributed by atoms with Crippen LogP contribution in [0.1, 0.15) is 18.4 Å². The van der Waals surface area contributed by atoms with Crippen LogP contribution in [0.2, 0.25) is 0 Å². The molecule has 1 aliphatic carbocycles. The van der Waals surface area contributed by atoms with Gasteiger partial charge in [0.2, 0.25) is 0 Å². The van der Waals surface area contributed by atoms with Crippen molar-refractivity contribution in [2.75, 3.05) is 13.1 Å². The highest BCUT2D eigenvalue weighted by Gasteiger charge is 2.42. The van der Waals surface area contributed by atoms with E-state index >= 15 is 0 Å². The van der Waals surface area contributed by atoms with Crippen molar-refractivity contribution in [1.29, 1.82) is 0 Å². The van der Waals surface area contributed by atoms with E-state index < -0.39 is 0 Å². The number of Topliss-reactive ketones (excluding diaryl/α,β-unsaturated/α-hetero) is 1. The summed E-state index contributed by atoms with van der Waals surface area (Å²) in [5, 5.41) is 0. The Morgan fingerprint density at radius 1 is 1.16 bits per heavy atom. The van der Waals surface area contributed by atoms with Crippen LogP contribution in [0.25, 0.3) is 0 Å². The van der Waals surface area contributed by atoms with Gasteiger partial charge in [-0.1, -0.05) is 30.3 Å². The Kier molecular flexibility index (Phi) is 3.23. The molecule has 2 atom stereocenters. The molecule has 1 aliphatic heterocycles. The third kappa shape index (κ3) is 2.62. The Balaban J connectivity index is 1.51. The van der Waals surface area contributed by atoms with E-state index in [9.17, 15) is 9.59 Å². The number of hydrogen-bond donors (Lipinski definition) is 0. The molecule has 0 radical (unpaired) electrons. The van der Waals surface area contributed by atoms with E-state index in [1.165, 1.54) is 0 Å². The first kappa shape index (κ1) is 12.2. The highest BCUT2D eigenvalue weighted by molar-refractivity contribution is 5.82. The van der Waals surface area contributed by atoms with Gasteiger partial charge in [0.1, 0.15) is 12.4 Å². The van der Waals surface area contributed by atoms with Crippen LogP contribution in [0.4, 0.5) is 4.79 Å². The Hall–Kier alpha value is -1.84. The van der Waals surface area contributed by atoms with Crippen LogP contribution in [0.5, 0.6) is 0 Å². The zero-order valence-electron chi connectivity index (χ0n) is 10.7. The Labute approximate surface area is 112 Å². The lowest BCUT2D eigenvalue weighted by Crippen LogP contribution is -2.30. The molecule has 0 N–H and O–H groups in total. The predicted octanol–water partition coefficient (Wildman–Crippen LogP) is 2.23. The number of hydrogen-bond acceptors (Lipinski definition) is 3. The molecule has 1 amide bonds. The van der Waals surface area contributed by atoms with Crippen LogP contribution in [0.15, 0.2) is 30.3 Å². The van der Waals surface area contributed by atoms with Crippen molar-refractivity contribution in [3.63, 3.8) is 0 Å². The number of ketones is 1. The summed E-state index contributed by atoms with van der Waals surface area (Å²) in [5.74, 6) is 1.06. The smallest absolute Gasteiger partial charge is 0.410 e. The van der Waals surface area contributed by atoms with E-state index in [0.717, 1.165) is 5.56 Å². The average Bonchev–Trinajstić information content (AvgIpc) is 2.94. The van der Waals surface area contributed by atoms with Gasteiger partial charge in [0, 0.05) is 25.9 Å². The number of carbonyl (C=O) groups excluding carboxylic acids is 2. The molecule has 1 saturated heterocycles. The van der Waals surface area contributed by atoms with E-state index in [1.54, 1.807) is 4.90 Å². The van der Waals surface area contributed by atoms with Crippen molar-refractivity contribution in [3.05, 3.63) is 35.9 Å². The number of likely N-dealkylation sites (tertiary alicyclic amines) is 1. The van der Waals surface area contributed by atoms with E-state index in [2.05, 4.69) is 0 Å². The van der Waals surface area contributed by atoms with Gasteiger partial charge < -0.3 is 9.64 Å². The summed E-state index contributed by atoms with van der Waals surface area (Å²) < 4.78 is 5.31. The van der Waals surface area contributed by atoms with Crippen molar-refractivity contribution in [1.82, 2.24) is 4.90 Å². The number of nitrogens with zero attached hydrogens (tertiary/aromatic N) is 1. The monoisotopic (exact) mass is 259 g/mol. The molecular formula is C15H17NO3. The first-order valence-corrected chi connectivity index (χ1v) is 6.69. The molecule has 100 valence electrons. The minimum atomic E-state index is -0.259. The molecule has 1 unspecified atom stereocenters. The van der Waals surface area contributed by atoms with Gasteiger partial charge in [0.25, 0.3) is 0 Å². The summed E-state index contributed by atoms with van der Waals surface area (Å²) in [4.78, 5) is 25.0. The van der Waals surface area contributed by atoms with E-state index in [4.69, 9.17) is 4.74 Å². The third-order valence-electron chi connectivity index (χ3n) is 4.02. The number of benzene rings is 1. The maximum Gasteiger partial charge on any atom is 0.410 e. The zero-order chi connectivity index (χ0) is 13.2. The standard InChI is InChI=1S/C15H17NO3/c17-14-6-12-8-16(9-13(12)7-14)15(18)19-10-11-4-2-1-3-5-11/h1-5,12-13H,6-10H2/t12-,13?/m0/s1. The number of amides is 1. The molecule has 4 nitrogen and oxygen atoms in total. The van der Waals surface area contributed by atoms with Gasteiger partial charge in [-0.05, 0) is 17.4 Å². The molecule has 1 saturated carbocycles. The first-order chi connectivity index (χ1) is 9.22. The second kappa shape index (κ2) is 5.03. The SMILES string of the molecule is O=C1CC2CN(C(=O)OCc3ccccc3)C[C@@H]2C1. The molecule has 4 heteroatoms. The predicted molar refractivity (Wildman–Crippen MR) is 69.4 cm³/mol. The summed E-state index contributed by atoms with van der Waals surface area (Å²) in [5.41, 5.74) is 0.991. The normalized spacial score (nSPS) is 25.5. The second-order valence-electron chi connectivity index (χ2n) is 5.41. The summed E-state index contributed by atoms with van der Waals surface area (Å²) in [6.45, 7) is 1.65. The molecule has 2 aliphatic rings. The minimum Gasteiger partial charge on any atom is -0.445 e. The summed E-state index contributed by atoms with van der Waals surface area (Å²) in [7, 11) is 0. The van der Waals surface area contributed by atoms with Gasteiger partial charge in [-0.15, -0.1) is 0 Å². The van der Waals surface area contributed by atoms with Crippen LogP contribution < -0.4 is 0 Å². The third-order valence-corrected chi connectivity index (χ3v) is 4.02. The Bertz CT molecular complexity index is 469. The average molecular weight is 259 g/mol. The highest BCUT2D eigenvalue weighted by Crippen LogP contribution is 2.35. The minimum absolute atomic E-state index is 0.259. The fourth-order valence-electron chi connectivity index (χ4n) is 3.03. The largest absolute Gasteiger partial charge is 0.445 e. The van der Waals surface area contributed by atoms with Crippen molar-refractivity contribution in [2.24, 2.45) is 11.8 Å². The molecule has 19 heavy (non-hydrogen) atoms. The summed E-state index contributed by atoms with van der Waals surface area (Å²) >= 11 is 0. The maximum absolute atomic E-state index is 12.0. The van der Waals surface area contributed by atoms with Crippen molar-refractivity contribution >= 4 is 11.9 Å². The van der Waals surface area contributed by atoms with Gasteiger partial charge in [-0.3, -0.25) is 4.79 Å². The van der Waals surface area contributed by atoms with Gasteiger partial charge in [-0.2, -0.15) is 0 Å². The lowest BCUT2D eigenvalue weighted by Gasteiger charge is -2.16. The summed E-state index contributed by atoms with van der Waals surface area (Å²) in [6, 6.07) is 9.66. The van der Waals surface area contributed by atoms with Gasteiger partial charge in [-0.25, -0.2) is 4.79 Å². The molecule has 0 bridgehead atoms. The van der Waals surface area contributed by atoms with Gasteiger partial charge in [0.15, 0.2) is 0 Å². The molecule has 1 aromatic rings. The number of fused-ring (bicyclic) bond motifs is 1.